The summed E-state index contributed by atoms with van der Waals surface area (Å²) in [6.07, 6.45) is 4.47. The van der Waals surface area contributed by atoms with Gasteiger partial charge in [-0.1, -0.05) is 42.5 Å². The maximum absolute atomic E-state index is 12.0. The first kappa shape index (κ1) is 13.3. The second-order valence-corrected chi connectivity index (χ2v) is 4.59. The Morgan fingerprint density at radius 3 is 2.37 bits per heavy atom. The van der Waals surface area contributed by atoms with Gasteiger partial charge >= 0.3 is 11.9 Å². The summed E-state index contributed by atoms with van der Waals surface area (Å²) in [5, 5.41) is 9.10. The van der Waals surface area contributed by atoms with E-state index in [2.05, 4.69) is 0 Å². The average Bonchev–Trinajstić information content (AvgIpc) is 2.46. The Labute approximate surface area is 111 Å². The monoisotopic (exact) mass is 260 g/mol. The van der Waals surface area contributed by atoms with Crippen LogP contribution in [0.25, 0.3) is 0 Å². The smallest absolute Gasteiger partial charge is 0.310 e. The van der Waals surface area contributed by atoms with Gasteiger partial charge in [-0.15, -0.1) is 0 Å². The lowest BCUT2D eigenvalue weighted by atomic mass is 9.83. The van der Waals surface area contributed by atoms with Crippen LogP contribution in [0, 0.1) is 11.8 Å². The van der Waals surface area contributed by atoms with Crippen molar-refractivity contribution in [3.05, 3.63) is 48.0 Å². The van der Waals surface area contributed by atoms with E-state index < -0.39 is 23.8 Å². The van der Waals surface area contributed by atoms with Crippen LogP contribution in [0.15, 0.2) is 42.5 Å². The Morgan fingerprint density at radius 1 is 1.11 bits per heavy atom. The Balaban J connectivity index is 1.95. The highest BCUT2D eigenvalue weighted by Crippen LogP contribution is 2.27. The second kappa shape index (κ2) is 6.18. The molecule has 2 unspecified atom stereocenters. The van der Waals surface area contributed by atoms with E-state index in [1.165, 1.54) is 0 Å². The fourth-order valence-electron chi connectivity index (χ4n) is 2.18. The van der Waals surface area contributed by atoms with Gasteiger partial charge in [0, 0.05) is 0 Å². The quantitative estimate of drug-likeness (QED) is 0.667. The van der Waals surface area contributed by atoms with Crippen molar-refractivity contribution in [2.24, 2.45) is 11.8 Å². The molecule has 1 N–H and O–H groups in total. The first-order chi connectivity index (χ1) is 9.18. The zero-order valence-electron chi connectivity index (χ0n) is 10.5. The topological polar surface area (TPSA) is 63.6 Å². The highest BCUT2D eigenvalue weighted by Gasteiger charge is 2.34. The fourth-order valence-corrected chi connectivity index (χ4v) is 2.18. The van der Waals surface area contributed by atoms with Crippen molar-refractivity contribution in [2.45, 2.75) is 19.4 Å². The molecule has 4 nitrogen and oxygen atoms in total. The van der Waals surface area contributed by atoms with Crippen LogP contribution >= 0.6 is 0 Å². The third-order valence-corrected chi connectivity index (χ3v) is 3.28. The number of hydrogen-bond donors (Lipinski definition) is 1. The molecule has 2 rings (SSSR count). The van der Waals surface area contributed by atoms with E-state index in [-0.39, 0.29) is 6.61 Å². The molecule has 1 aromatic carbocycles. The van der Waals surface area contributed by atoms with Crippen molar-refractivity contribution in [3.8, 4) is 0 Å². The summed E-state index contributed by atoms with van der Waals surface area (Å²) >= 11 is 0. The summed E-state index contributed by atoms with van der Waals surface area (Å²) in [5.41, 5.74) is 0.897. The first-order valence-electron chi connectivity index (χ1n) is 6.27. The summed E-state index contributed by atoms with van der Waals surface area (Å²) in [4.78, 5) is 23.1. The highest BCUT2D eigenvalue weighted by atomic mass is 16.5. The van der Waals surface area contributed by atoms with Gasteiger partial charge in [0.25, 0.3) is 0 Å². The number of carboxylic acid groups (broad SMARTS) is 1. The number of carbonyl (C=O) groups excluding carboxylic acids is 1. The maximum Gasteiger partial charge on any atom is 0.310 e. The molecule has 1 aliphatic rings. The fraction of sp³-hybridized carbons (Fsp3) is 0.333. The summed E-state index contributed by atoms with van der Waals surface area (Å²) in [5.74, 6) is -2.62. The number of allylic oxidation sites excluding steroid dienone is 2. The molecule has 0 bridgehead atoms. The largest absolute Gasteiger partial charge is 0.481 e. The lowest BCUT2D eigenvalue weighted by Crippen LogP contribution is -2.32. The normalized spacial score (nSPS) is 21.9. The van der Waals surface area contributed by atoms with Crippen molar-refractivity contribution < 1.29 is 19.4 Å². The Morgan fingerprint density at radius 2 is 1.74 bits per heavy atom. The Bertz CT molecular complexity index is 478. The first-order valence-corrected chi connectivity index (χ1v) is 6.27. The van der Waals surface area contributed by atoms with Gasteiger partial charge in [0.15, 0.2) is 0 Å². The summed E-state index contributed by atoms with van der Waals surface area (Å²) in [6, 6.07) is 9.35. The molecule has 0 aliphatic heterocycles. The molecular formula is C15H16O4. The summed E-state index contributed by atoms with van der Waals surface area (Å²) in [7, 11) is 0. The molecular weight excluding hydrogens is 244 g/mol. The van der Waals surface area contributed by atoms with Crippen LogP contribution in [0.4, 0.5) is 0 Å². The minimum atomic E-state index is -0.939. The second-order valence-electron chi connectivity index (χ2n) is 4.59. The standard InChI is InChI=1S/C15H16O4/c16-14(17)12-8-4-5-9-13(12)15(18)19-10-11-6-2-1-3-7-11/h1-7,12-13H,8-10H2,(H,16,17). The van der Waals surface area contributed by atoms with Gasteiger partial charge in [-0.3, -0.25) is 9.59 Å². The molecule has 0 spiro atoms. The molecule has 19 heavy (non-hydrogen) atoms. The van der Waals surface area contributed by atoms with Crippen molar-refractivity contribution >= 4 is 11.9 Å². The van der Waals surface area contributed by atoms with E-state index in [4.69, 9.17) is 9.84 Å². The number of hydrogen-bond acceptors (Lipinski definition) is 3. The van der Waals surface area contributed by atoms with E-state index in [0.29, 0.717) is 12.8 Å². The van der Waals surface area contributed by atoms with Gasteiger partial charge < -0.3 is 9.84 Å². The van der Waals surface area contributed by atoms with Crippen LogP contribution < -0.4 is 0 Å². The van der Waals surface area contributed by atoms with Crippen LogP contribution in [0.3, 0.4) is 0 Å². The third-order valence-electron chi connectivity index (χ3n) is 3.28. The van der Waals surface area contributed by atoms with Crippen molar-refractivity contribution in [1.29, 1.82) is 0 Å². The molecule has 0 aromatic heterocycles. The Hall–Kier alpha value is -2.10. The molecule has 1 aromatic rings. The molecule has 0 fully saturated rings. The van der Waals surface area contributed by atoms with E-state index >= 15 is 0 Å². The average molecular weight is 260 g/mol. The van der Waals surface area contributed by atoms with Crippen molar-refractivity contribution in [3.63, 3.8) is 0 Å². The van der Waals surface area contributed by atoms with Crippen LogP contribution in [-0.4, -0.2) is 17.0 Å². The van der Waals surface area contributed by atoms with Gasteiger partial charge in [-0.05, 0) is 18.4 Å². The molecule has 0 radical (unpaired) electrons. The minimum Gasteiger partial charge on any atom is -0.481 e. The van der Waals surface area contributed by atoms with Gasteiger partial charge in [0.2, 0.25) is 0 Å². The Kier molecular flexibility index (Phi) is 4.34. The summed E-state index contributed by atoms with van der Waals surface area (Å²) < 4.78 is 5.21. The van der Waals surface area contributed by atoms with Gasteiger partial charge in [0.1, 0.15) is 6.61 Å². The van der Waals surface area contributed by atoms with E-state index in [1.807, 2.05) is 36.4 Å². The third kappa shape index (κ3) is 3.44. The van der Waals surface area contributed by atoms with E-state index in [9.17, 15) is 9.59 Å². The summed E-state index contributed by atoms with van der Waals surface area (Å²) in [6.45, 7) is 0.187. The molecule has 4 heteroatoms. The number of ether oxygens (including phenoxy) is 1. The molecule has 2 atom stereocenters. The highest BCUT2D eigenvalue weighted by molar-refractivity contribution is 5.81. The number of rotatable bonds is 4. The SMILES string of the molecule is O=C(O)C1CC=CCC1C(=O)OCc1ccccc1. The lowest BCUT2D eigenvalue weighted by Gasteiger charge is -2.23. The van der Waals surface area contributed by atoms with E-state index in [1.54, 1.807) is 6.08 Å². The predicted molar refractivity (Wildman–Crippen MR) is 69.2 cm³/mol. The number of carbonyl (C=O) groups is 2. The van der Waals surface area contributed by atoms with Crippen LogP contribution in [0.1, 0.15) is 18.4 Å². The number of benzene rings is 1. The molecule has 0 saturated heterocycles. The lowest BCUT2D eigenvalue weighted by molar-refractivity contribution is -0.158. The van der Waals surface area contributed by atoms with Gasteiger partial charge in [-0.25, -0.2) is 0 Å². The van der Waals surface area contributed by atoms with E-state index in [0.717, 1.165) is 5.56 Å². The number of carboxylic acids is 1. The molecule has 100 valence electrons. The zero-order chi connectivity index (χ0) is 13.7. The zero-order valence-corrected chi connectivity index (χ0v) is 10.5. The van der Waals surface area contributed by atoms with Gasteiger partial charge in [-0.2, -0.15) is 0 Å². The van der Waals surface area contributed by atoms with Crippen molar-refractivity contribution in [2.75, 3.05) is 0 Å². The molecule has 0 saturated carbocycles. The van der Waals surface area contributed by atoms with Crippen LogP contribution in [0.5, 0.6) is 0 Å². The van der Waals surface area contributed by atoms with Crippen LogP contribution in [-0.2, 0) is 20.9 Å². The van der Waals surface area contributed by atoms with Crippen molar-refractivity contribution in [1.82, 2.24) is 0 Å². The maximum atomic E-state index is 12.0. The van der Waals surface area contributed by atoms with Crippen LogP contribution in [0.2, 0.25) is 0 Å². The minimum absolute atomic E-state index is 0.187. The number of esters is 1. The van der Waals surface area contributed by atoms with Gasteiger partial charge in [0.05, 0.1) is 11.8 Å². The molecule has 1 aliphatic carbocycles. The molecule has 0 heterocycles. The molecule has 0 amide bonds. The number of aliphatic carboxylic acids is 1. The predicted octanol–water partition coefficient (Wildman–Crippen LogP) is 2.40.